The number of rotatable bonds is 10. The summed E-state index contributed by atoms with van der Waals surface area (Å²) in [5, 5.41) is 12.0. The monoisotopic (exact) mass is 508 g/mol. The minimum Gasteiger partial charge on any atom is -0.467 e. The highest BCUT2D eigenvalue weighted by Gasteiger charge is 2.23. The molecule has 1 N–H and O–H groups in total. The molecule has 3 rings (SSSR count). The number of aromatic nitrogens is 2. The fourth-order valence-electron chi connectivity index (χ4n) is 3.72. The third kappa shape index (κ3) is 6.71. The fourth-order valence-corrected chi connectivity index (χ4v) is 3.85. The molecule has 186 valence electrons. The Bertz CT molecular complexity index is 1370. The predicted molar refractivity (Wildman–Crippen MR) is 134 cm³/mol. The molecule has 0 saturated carbocycles. The third-order valence-electron chi connectivity index (χ3n) is 5.49. The summed E-state index contributed by atoms with van der Waals surface area (Å²) < 4.78 is 6.97. The summed E-state index contributed by atoms with van der Waals surface area (Å²) in [7, 11) is 1.21. The maximum atomic E-state index is 13.3. The van der Waals surface area contributed by atoms with Crippen LogP contribution in [0.4, 0.5) is 0 Å². The van der Waals surface area contributed by atoms with Crippen LogP contribution in [0.3, 0.4) is 0 Å². The third-order valence-corrected chi connectivity index (χ3v) is 5.75. The molecular weight excluding hydrogens is 484 g/mol. The molecule has 0 fully saturated rings. The summed E-state index contributed by atoms with van der Waals surface area (Å²) in [6, 6.07) is 18.0. The summed E-state index contributed by atoms with van der Waals surface area (Å²) >= 11 is 5.96. The highest BCUT2D eigenvalue weighted by molar-refractivity contribution is 6.30. The summed E-state index contributed by atoms with van der Waals surface area (Å²) in [6.45, 7) is -0.413. The van der Waals surface area contributed by atoms with E-state index in [-0.39, 0.29) is 19.4 Å². The van der Waals surface area contributed by atoms with E-state index in [4.69, 9.17) is 21.6 Å². The van der Waals surface area contributed by atoms with E-state index >= 15 is 0 Å². The second-order valence-corrected chi connectivity index (χ2v) is 8.43. The topological polar surface area (TPSA) is 123 Å². The van der Waals surface area contributed by atoms with E-state index in [1.807, 2.05) is 36.4 Å². The van der Waals surface area contributed by atoms with Crippen LogP contribution in [0.25, 0.3) is 11.3 Å². The second kappa shape index (κ2) is 12.5. The van der Waals surface area contributed by atoms with Crippen molar-refractivity contribution in [3.8, 4) is 17.3 Å². The van der Waals surface area contributed by atoms with Crippen molar-refractivity contribution in [2.45, 2.75) is 38.4 Å². The first-order chi connectivity index (χ1) is 17.3. The van der Waals surface area contributed by atoms with E-state index < -0.39 is 35.7 Å². The number of benzene rings is 2. The molecule has 1 aromatic heterocycles. The number of ether oxygens (including phenoxy) is 1. The largest absolute Gasteiger partial charge is 0.467 e. The number of halogens is 1. The van der Waals surface area contributed by atoms with Gasteiger partial charge in [-0.25, -0.2) is 9.59 Å². The van der Waals surface area contributed by atoms with Crippen molar-refractivity contribution in [2.24, 2.45) is 0 Å². The van der Waals surface area contributed by atoms with E-state index in [1.165, 1.54) is 17.7 Å². The molecule has 1 heterocycles. The summed E-state index contributed by atoms with van der Waals surface area (Å²) in [5.74, 6) is -1.34. The van der Waals surface area contributed by atoms with Gasteiger partial charge in [-0.2, -0.15) is 5.26 Å². The Labute approximate surface area is 212 Å². The highest BCUT2D eigenvalue weighted by Crippen LogP contribution is 2.20. The van der Waals surface area contributed by atoms with E-state index in [9.17, 15) is 19.2 Å². The number of hydrogen-bond donors (Lipinski definition) is 1. The average Bonchev–Trinajstić information content (AvgIpc) is 2.88. The Morgan fingerprint density at radius 1 is 1.08 bits per heavy atom. The van der Waals surface area contributed by atoms with Crippen LogP contribution in [0.15, 0.2) is 70.3 Å². The Balaban J connectivity index is 1.90. The number of esters is 1. The highest BCUT2D eigenvalue weighted by atomic mass is 35.5. The number of unbranched alkanes of at least 4 members (excludes halogenated alkanes) is 1. The van der Waals surface area contributed by atoms with Crippen molar-refractivity contribution in [2.75, 3.05) is 7.11 Å². The second-order valence-electron chi connectivity index (χ2n) is 7.99. The lowest BCUT2D eigenvalue weighted by Crippen LogP contribution is -2.48. The number of nitriles is 1. The Kier molecular flexibility index (Phi) is 9.19. The number of carbonyl (C=O) groups is 2. The van der Waals surface area contributed by atoms with Gasteiger partial charge in [-0.3, -0.25) is 18.7 Å². The molecule has 2 aromatic carbocycles. The quantitative estimate of drug-likeness (QED) is 0.331. The zero-order valence-electron chi connectivity index (χ0n) is 19.6. The van der Waals surface area contributed by atoms with Crippen molar-refractivity contribution >= 4 is 23.5 Å². The van der Waals surface area contributed by atoms with Gasteiger partial charge < -0.3 is 10.1 Å². The van der Waals surface area contributed by atoms with Crippen molar-refractivity contribution in [1.82, 2.24) is 14.5 Å². The molecule has 0 saturated heterocycles. The first-order valence-electron chi connectivity index (χ1n) is 11.2. The van der Waals surface area contributed by atoms with Crippen LogP contribution in [-0.4, -0.2) is 34.2 Å². The van der Waals surface area contributed by atoms with Crippen molar-refractivity contribution in [1.29, 1.82) is 5.26 Å². The molecule has 36 heavy (non-hydrogen) atoms. The molecule has 0 aliphatic rings. The fraction of sp³-hybridized carbons (Fsp3) is 0.269. The van der Waals surface area contributed by atoms with E-state index in [1.54, 1.807) is 24.3 Å². The lowest BCUT2D eigenvalue weighted by atomic mass is 10.1. The molecule has 1 amide bonds. The molecule has 0 aliphatic heterocycles. The maximum absolute atomic E-state index is 13.3. The van der Waals surface area contributed by atoms with E-state index in [0.717, 1.165) is 10.1 Å². The Morgan fingerprint density at radius 3 is 2.42 bits per heavy atom. The van der Waals surface area contributed by atoms with Gasteiger partial charge in [0.1, 0.15) is 12.6 Å². The molecule has 0 aliphatic carbocycles. The maximum Gasteiger partial charge on any atom is 0.331 e. The van der Waals surface area contributed by atoms with E-state index in [0.29, 0.717) is 22.7 Å². The first kappa shape index (κ1) is 26.4. The number of nitrogens with zero attached hydrogens (tertiary/aromatic N) is 3. The lowest BCUT2D eigenvalue weighted by Gasteiger charge is -2.18. The molecule has 9 nitrogen and oxygen atoms in total. The Hall–Kier alpha value is -4.16. The molecule has 1 atom stereocenters. The van der Waals surface area contributed by atoms with Gasteiger partial charge in [0.2, 0.25) is 5.91 Å². The van der Waals surface area contributed by atoms with Gasteiger partial charge in [0, 0.05) is 30.5 Å². The number of carbonyl (C=O) groups excluding carboxylic acids is 2. The summed E-state index contributed by atoms with van der Waals surface area (Å²) in [5.41, 5.74) is 0.383. The van der Waals surface area contributed by atoms with E-state index in [2.05, 4.69) is 5.32 Å². The molecule has 0 radical (unpaired) electrons. The number of nitrogens with one attached hydrogen (secondary N) is 1. The number of hydrogen-bond acceptors (Lipinski definition) is 6. The standard InChI is InChI=1S/C26H25ClN4O5/c1-36-25(34)21(15-18-7-3-2-4-8-18)29-23(32)17-31-24(33)16-22(19-9-11-20(27)12-10-19)30(26(31)35)14-6-5-13-28/h2-4,7-12,16,21H,5-6,14-15,17H2,1H3,(H,29,32). The molecule has 0 bridgehead atoms. The molecule has 3 aromatic rings. The summed E-state index contributed by atoms with van der Waals surface area (Å²) in [4.78, 5) is 51.3. The molecule has 1 unspecified atom stereocenters. The minimum atomic E-state index is -0.994. The van der Waals surface area contributed by atoms with Gasteiger partial charge in [-0.05, 0) is 29.7 Å². The van der Waals surface area contributed by atoms with Gasteiger partial charge in [-0.1, -0.05) is 54.1 Å². The van der Waals surface area contributed by atoms with Crippen LogP contribution in [-0.2, 0) is 33.8 Å². The van der Waals surface area contributed by atoms with Gasteiger partial charge in [-0.15, -0.1) is 0 Å². The SMILES string of the molecule is COC(=O)C(Cc1ccccc1)NC(=O)Cn1c(=O)cc(-c2ccc(Cl)cc2)n(CCCC#N)c1=O. The normalized spacial score (nSPS) is 11.4. The van der Waals surface area contributed by atoms with Crippen LogP contribution in [0.2, 0.25) is 5.02 Å². The smallest absolute Gasteiger partial charge is 0.331 e. The van der Waals surface area contributed by atoms with Crippen LogP contribution in [0.1, 0.15) is 18.4 Å². The zero-order chi connectivity index (χ0) is 26.1. The number of amides is 1. The van der Waals surface area contributed by atoms with Crippen molar-refractivity contribution in [3.63, 3.8) is 0 Å². The van der Waals surface area contributed by atoms with Crippen LogP contribution in [0, 0.1) is 11.3 Å². The van der Waals surface area contributed by atoms with Crippen LogP contribution < -0.4 is 16.6 Å². The van der Waals surface area contributed by atoms with Crippen LogP contribution in [0.5, 0.6) is 0 Å². The molecule has 0 spiro atoms. The van der Waals surface area contributed by atoms with Crippen molar-refractivity contribution in [3.05, 3.63) is 92.1 Å². The minimum absolute atomic E-state index is 0.172. The molecular formula is C26H25ClN4O5. The first-order valence-corrected chi connectivity index (χ1v) is 11.6. The van der Waals surface area contributed by atoms with Gasteiger partial charge in [0.05, 0.1) is 18.9 Å². The predicted octanol–water partition coefficient (Wildman–Crippen LogP) is 2.53. The van der Waals surface area contributed by atoms with Crippen LogP contribution >= 0.6 is 11.6 Å². The van der Waals surface area contributed by atoms with Gasteiger partial charge >= 0.3 is 11.7 Å². The van der Waals surface area contributed by atoms with Gasteiger partial charge in [0.15, 0.2) is 0 Å². The Morgan fingerprint density at radius 2 is 1.78 bits per heavy atom. The summed E-state index contributed by atoms with van der Waals surface area (Å²) in [6.07, 6.45) is 0.775. The number of methoxy groups -OCH3 is 1. The van der Waals surface area contributed by atoms with Gasteiger partial charge in [0.25, 0.3) is 5.56 Å². The van der Waals surface area contributed by atoms with Crippen molar-refractivity contribution < 1.29 is 14.3 Å². The zero-order valence-corrected chi connectivity index (χ0v) is 20.4. The lowest BCUT2D eigenvalue weighted by molar-refractivity contribution is -0.145. The average molecular weight is 509 g/mol. The molecule has 10 heteroatoms.